The Morgan fingerprint density at radius 2 is 1.68 bits per heavy atom. The summed E-state index contributed by atoms with van der Waals surface area (Å²) in [6, 6.07) is 8.45. The average molecular weight is 455 g/mol. The molecule has 0 radical (unpaired) electrons. The molecule has 0 aliphatic rings. The number of carbonyl (C=O) groups is 1. The van der Waals surface area contributed by atoms with Gasteiger partial charge in [-0.1, -0.05) is 3.89 Å². The van der Waals surface area contributed by atoms with Gasteiger partial charge in [-0.25, -0.2) is 8.78 Å². The number of hydrogen-bond acceptors (Lipinski definition) is 6. The highest BCUT2D eigenvalue weighted by atomic mass is 32.3. The van der Waals surface area contributed by atoms with E-state index in [-0.39, 0.29) is 34.4 Å². The maximum atomic E-state index is 14.6. The summed E-state index contributed by atoms with van der Waals surface area (Å²) in [4.78, 5) is 11.1. The quantitative estimate of drug-likeness (QED) is 0.548. The molecule has 12 heteroatoms. The fourth-order valence-corrected chi connectivity index (χ4v) is 3.07. The summed E-state index contributed by atoms with van der Waals surface area (Å²) in [5, 5.41) is 6.55. The Morgan fingerprint density at radius 1 is 1.10 bits per heavy atom. The summed E-state index contributed by atoms with van der Waals surface area (Å²) < 4.78 is 73.2. The van der Waals surface area contributed by atoms with Gasteiger partial charge in [-0.3, -0.25) is 9.48 Å². The summed E-state index contributed by atoms with van der Waals surface area (Å²) in [5.41, 5.74) is 0.256. The molecule has 0 unspecified atom stereocenters. The molecule has 1 amide bonds. The van der Waals surface area contributed by atoms with Crippen LogP contribution in [0.3, 0.4) is 0 Å². The van der Waals surface area contributed by atoms with Gasteiger partial charge in [0.05, 0.1) is 11.3 Å². The molecule has 1 heterocycles. The minimum Gasteiger partial charge on any atom is -0.489 e. The number of halogens is 3. The molecule has 31 heavy (non-hydrogen) atoms. The molecule has 0 aliphatic heterocycles. The second kappa shape index (κ2) is 8.68. The maximum Gasteiger partial charge on any atom is 0.488 e. The predicted octanol–water partition coefficient (Wildman–Crippen LogP) is 3.50. The van der Waals surface area contributed by atoms with Gasteiger partial charge in [0.15, 0.2) is 5.82 Å². The number of ether oxygens (including phenoxy) is 1. The van der Waals surface area contributed by atoms with Crippen molar-refractivity contribution in [3.63, 3.8) is 0 Å². The zero-order chi connectivity index (χ0) is 22.8. The van der Waals surface area contributed by atoms with Crippen LogP contribution in [0.25, 0.3) is 11.3 Å². The van der Waals surface area contributed by atoms with E-state index in [4.69, 9.17) is 4.74 Å². The van der Waals surface area contributed by atoms with Crippen LogP contribution in [0, 0.1) is 11.6 Å². The molecule has 3 rings (SSSR count). The van der Waals surface area contributed by atoms with E-state index in [2.05, 4.69) is 14.6 Å². The zero-order valence-electron chi connectivity index (χ0n) is 16.2. The number of benzene rings is 2. The normalized spacial score (nSPS) is 11.3. The summed E-state index contributed by atoms with van der Waals surface area (Å²) in [7, 11) is -3.59. The van der Waals surface area contributed by atoms with Crippen LogP contribution in [0.1, 0.15) is 12.5 Å². The number of carbonyl (C=O) groups excluding carboxylic acids is 1. The predicted molar refractivity (Wildman–Crippen MR) is 104 cm³/mol. The Bertz CT molecular complexity index is 1200. The Labute approximate surface area is 175 Å². The monoisotopic (exact) mass is 455 g/mol. The molecule has 0 saturated heterocycles. The molecule has 0 bridgehead atoms. The first-order valence-electron chi connectivity index (χ1n) is 8.68. The number of amides is 1. The van der Waals surface area contributed by atoms with Crippen molar-refractivity contribution in [3.8, 4) is 22.8 Å². The molecule has 0 atom stereocenters. The summed E-state index contributed by atoms with van der Waals surface area (Å²) >= 11 is 0. The lowest BCUT2D eigenvalue weighted by molar-refractivity contribution is -0.114. The lowest BCUT2D eigenvalue weighted by atomic mass is 10.1. The fraction of sp³-hybridized carbons (Fsp3) is 0.158. The molecule has 0 fully saturated rings. The van der Waals surface area contributed by atoms with Crippen LogP contribution in [0.5, 0.6) is 11.5 Å². The average Bonchev–Trinajstić information content (AvgIpc) is 3.00. The lowest BCUT2D eigenvalue weighted by Crippen LogP contribution is -2.06. The molecule has 0 aliphatic carbocycles. The molecule has 164 valence electrons. The number of rotatable bonds is 7. The molecule has 0 spiro atoms. The number of anilines is 1. The second-order valence-electron chi connectivity index (χ2n) is 6.37. The number of hydrogen-bond donors (Lipinski definition) is 1. The highest BCUT2D eigenvalue weighted by molar-refractivity contribution is 7.81. The SMILES string of the molecule is CC(=O)Nc1cc(-c2cc(F)c(COc3ccc(OS(=O)(=O)F)cc3)c(F)c2)n(C)n1. The molecular weight excluding hydrogens is 439 g/mol. The van der Waals surface area contributed by atoms with Gasteiger partial charge in [0, 0.05) is 25.6 Å². The Balaban J connectivity index is 1.75. The molecule has 1 aromatic heterocycles. The zero-order valence-corrected chi connectivity index (χ0v) is 17.0. The third-order valence-electron chi connectivity index (χ3n) is 4.02. The van der Waals surface area contributed by atoms with Crippen molar-refractivity contribution in [2.24, 2.45) is 7.05 Å². The minimum absolute atomic E-state index is 0.151. The Hall–Kier alpha value is -3.54. The summed E-state index contributed by atoms with van der Waals surface area (Å²) in [5.74, 6) is -1.95. The molecule has 1 N–H and O–H groups in total. The van der Waals surface area contributed by atoms with Crippen LogP contribution in [-0.2, 0) is 29.0 Å². The van der Waals surface area contributed by atoms with Crippen LogP contribution in [-0.4, -0.2) is 24.1 Å². The minimum atomic E-state index is -5.16. The molecule has 8 nitrogen and oxygen atoms in total. The topological polar surface area (TPSA) is 99.5 Å². The van der Waals surface area contributed by atoms with Crippen molar-refractivity contribution >= 4 is 22.2 Å². The number of nitrogens with one attached hydrogen (secondary N) is 1. The number of nitrogens with zero attached hydrogens (tertiary/aromatic N) is 2. The van der Waals surface area contributed by atoms with E-state index in [1.807, 2.05) is 0 Å². The van der Waals surface area contributed by atoms with Gasteiger partial charge in [-0.05, 0) is 36.4 Å². The van der Waals surface area contributed by atoms with Crippen molar-refractivity contribution in [1.29, 1.82) is 0 Å². The Morgan fingerprint density at radius 3 is 2.23 bits per heavy atom. The van der Waals surface area contributed by atoms with Crippen molar-refractivity contribution in [2.75, 3.05) is 5.32 Å². The van der Waals surface area contributed by atoms with E-state index in [1.54, 1.807) is 7.05 Å². The van der Waals surface area contributed by atoms with Crippen molar-refractivity contribution < 1.29 is 34.8 Å². The summed E-state index contributed by atoms with van der Waals surface area (Å²) in [6.45, 7) is 0.855. The third kappa shape index (κ3) is 5.75. The van der Waals surface area contributed by atoms with Gasteiger partial charge < -0.3 is 14.2 Å². The highest BCUT2D eigenvalue weighted by Gasteiger charge is 2.16. The van der Waals surface area contributed by atoms with Gasteiger partial charge >= 0.3 is 10.5 Å². The van der Waals surface area contributed by atoms with E-state index in [0.717, 1.165) is 24.3 Å². The second-order valence-corrected chi connectivity index (χ2v) is 7.33. The van der Waals surface area contributed by atoms with E-state index < -0.39 is 28.7 Å². The van der Waals surface area contributed by atoms with Crippen molar-refractivity contribution in [1.82, 2.24) is 9.78 Å². The van der Waals surface area contributed by atoms with Crippen molar-refractivity contribution in [3.05, 3.63) is 59.7 Å². The van der Waals surface area contributed by atoms with E-state index in [9.17, 15) is 25.9 Å². The van der Waals surface area contributed by atoms with Gasteiger partial charge in [0.25, 0.3) is 0 Å². The first-order chi connectivity index (χ1) is 14.5. The van der Waals surface area contributed by atoms with Crippen LogP contribution < -0.4 is 14.2 Å². The van der Waals surface area contributed by atoms with Gasteiger partial charge in [0.2, 0.25) is 5.91 Å². The standard InChI is InChI=1S/C19H16F3N3O5S/c1-11(26)23-19-9-18(25(2)24-19)12-7-16(20)15(17(21)8-12)10-29-13-3-5-14(6-4-13)30-31(22,27)28/h3-9H,10H2,1-2H3,(H,23,24,26). The molecular formula is C19H16F3N3O5S. The van der Waals surface area contributed by atoms with Crippen LogP contribution in [0.2, 0.25) is 0 Å². The summed E-state index contributed by atoms with van der Waals surface area (Å²) in [6.07, 6.45) is 0. The smallest absolute Gasteiger partial charge is 0.488 e. The van der Waals surface area contributed by atoms with Gasteiger partial charge in [-0.2, -0.15) is 13.5 Å². The number of aromatic nitrogens is 2. The van der Waals surface area contributed by atoms with Crippen molar-refractivity contribution in [2.45, 2.75) is 13.5 Å². The van der Waals surface area contributed by atoms with E-state index >= 15 is 0 Å². The van der Waals surface area contributed by atoms with E-state index in [0.29, 0.717) is 5.69 Å². The largest absolute Gasteiger partial charge is 0.489 e. The van der Waals surface area contributed by atoms with Gasteiger partial charge in [0.1, 0.15) is 29.7 Å². The van der Waals surface area contributed by atoms with Crippen LogP contribution >= 0.6 is 0 Å². The lowest BCUT2D eigenvalue weighted by Gasteiger charge is -2.11. The first kappa shape index (κ1) is 22.2. The van der Waals surface area contributed by atoms with Crippen LogP contribution in [0.4, 0.5) is 18.5 Å². The first-order valence-corrected chi connectivity index (χ1v) is 9.99. The molecule has 2 aromatic carbocycles. The van der Waals surface area contributed by atoms with Gasteiger partial charge in [-0.15, -0.1) is 0 Å². The molecule has 3 aromatic rings. The third-order valence-corrected chi connectivity index (χ3v) is 4.41. The Kier molecular flexibility index (Phi) is 6.20. The maximum absolute atomic E-state index is 14.6. The van der Waals surface area contributed by atoms with Crippen LogP contribution in [0.15, 0.2) is 42.5 Å². The van der Waals surface area contributed by atoms with E-state index in [1.165, 1.54) is 29.8 Å². The molecule has 0 saturated carbocycles. The highest BCUT2D eigenvalue weighted by Crippen LogP contribution is 2.27. The fourth-order valence-electron chi connectivity index (χ4n) is 2.73. The number of aryl methyl sites for hydroxylation is 1.